The van der Waals surface area contributed by atoms with E-state index in [9.17, 15) is 9.18 Å². The van der Waals surface area contributed by atoms with Crippen LogP contribution in [0.5, 0.6) is 0 Å². The van der Waals surface area contributed by atoms with Gasteiger partial charge in [-0.2, -0.15) is 5.10 Å². The van der Waals surface area contributed by atoms with Crippen molar-refractivity contribution in [3.63, 3.8) is 0 Å². The Morgan fingerprint density at radius 1 is 1.13 bits per heavy atom. The zero-order valence-corrected chi connectivity index (χ0v) is 18.7. The Morgan fingerprint density at radius 2 is 1.90 bits per heavy atom. The number of fused-ring (bicyclic) bond motifs is 1. The summed E-state index contributed by atoms with van der Waals surface area (Å²) in [5.41, 5.74) is 5.77. The molecule has 0 fully saturated rings. The van der Waals surface area contributed by atoms with Crippen LogP contribution in [-0.4, -0.2) is 27.4 Å². The Labute approximate surface area is 191 Å². The van der Waals surface area contributed by atoms with Gasteiger partial charge >= 0.3 is 0 Å². The van der Waals surface area contributed by atoms with Crippen LogP contribution in [0.15, 0.2) is 87.5 Å². The van der Waals surface area contributed by atoms with Crippen molar-refractivity contribution in [3.8, 4) is 0 Å². The highest BCUT2D eigenvalue weighted by atomic mass is 79.9. The molecule has 1 N–H and O–H groups in total. The predicted molar refractivity (Wildman–Crippen MR) is 126 cm³/mol. The van der Waals surface area contributed by atoms with E-state index in [4.69, 9.17) is 0 Å². The van der Waals surface area contributed by atoms with Gasteiger partial charge < -0.3 is 4.57 Å². The number of para-hydroxylation sites is 2. The van der Waals surface area contributed by atoms with Gasteiger partial charge in [0.15, 0.2) is 5.16 Å². The van der Waals surface area contributed by atoms with E-state index in [0.717, 1.165) is 26.2 Å². The minimum absolute atomic E-state index is 0.135. The fourth-order valence-corrected chi connectivity index (χ4v) is 4.22. The molecular formula is C23H18BrFN4OS. The summed E-state index contributed by atoms with van der Waals surface area (Å²) >= 11 is 4.62. The average Bonchev–Trinajstić information content (AvgIpc) is 3.13. The molecule has 0 saturated heterocycles. The van der Waals surface area contributed by atoms with E-state index in [1.165, 1.54) is 24.0 Å². The first-order valence-electron chi connectivity index (χ1n) is 9.49. The van der Waals surface area contributed by atoms with Crippen LogP contribution in [0.4, 0.5) is 4.39 Å². The van der Waals surface area contributed by atoms with Crippen molar-refractivity contribution in [2.45, 2.75) is 11.7 Å². The van der Waals surface area contributed by atoms with Crippen molar-refractivity contribution in [2.24, 2.45) is 5.10 Å². The molecule has 0 bridgehead atoms. The number of hydrazone groups is 1. The van der Waals surface area contributed by atoms with E-state index >= 15 is 0 Å². The smallest absolute Gasteiger partial charge is 0.250 e. The average molecular weight is 497 g/mol. The number of nitrogens with one attached hydrogen (secondary N) is 1. The van der Waals surface area contributed by atoms with Gasteiger partial charge in [-0.1, -0.05) is 70.2 Å². The number of carbonyl (C=O) groups excluding carboxylic acids is 1. The summed E-state index contributed by atoms with van der Waals surface area (Å²) < 4.78 is 16.6. The topological polar surface area (TPSA) is 59.3 Å². The molecule has 4 aromatic rings. The van der Waals surface area contributed by atoms with Gasteiger partial charge in [-0.3, -0.25) is 4.79 Å². The van der Waals surface area contributed by atoms with E-state index in [2.05, 4.69) is 48.1 Å². The molecule has 3 aromatic carbocycles. The molecule has 4 rings (SSSR count). The Bertz CT molecular complexity index is 1240. The highest BCUT2D eigenvalue weighted by molar-refractivity contribution is 9.10. The van der Waals surface area contributed by atoms with Gasteiger partial charge in [0.1, 0.15) is 5.82 Å². The van der Waals surface area contributed by atoms with E-state index < -0.39 is 5.82 Å². The second-order valence-corrected chi connectivity index (χ2v) is 8.56. The number of benzene rings is 3. The Morgan fingerprint density at radius 3 is 2.74 bits per heavy atom. The number of imidazole rings is 1. The molecule has 31 heavy (non-hydrogen) atoms. The lowest BCUT2D eigenvalue weighted by Crippen LogP contribution is -2.20. The summed E-state index contributed by atoms with van der Waals surface area (Å²) in [7, 11) is 0. The molecule has 156 valence electrons. The fourth-order valence-electron chi connectivity index (χ4n) is 3.03. The molecule has 0 spiro atoms. The van der Waals surface area contributed by atoms with Crippen LogP contribution < -0.4 is 5.43 Å². The SMILES string of the molecule is O=C(CSc1nc2ccccc2n1Cc1ccccc1)N/N=C\c1cc(Br)ccc1F. The van der Waals surface area contributed by atoms with Crippen LogP contribution in [0.3, 0.4) is 0 Å². The lowest BCUT2D eigenvalue weighted by atomic mass is 10.2. The van der Waals surface area contributed by atoms with E-state index in [1.54, 1.807) is 12.1 Å². The normalized spacial score (nSPS) is 11.3. The van der Waals surface area contributed by atoms with Gasteiger partial charge in [-0.25, -0.2) is 14.8 Å². The van der Waals surface area contributed by atoms with Crippen molar-refractivity contribution in [1.82, 2.24) is 15.0 Å². The van der Waals surface area contributed by atoms with Crippen molar-refractivity contribution >= 4 is 50.8 Å². The Hall–Kier alpha value is -2.97. The van der Waals surface area contributed by atoms with Crippen LogP contribution in [0.1, 0.15) is 11.1 Å². The molecule has 0 saturated carbocycles. The minimum atomic E-state index is -0.412. The molecule has 8 heteroatoms. The number of carbonyl (C=O) groups is 1. The summed E-state index contributed by atoms with van der Waals surface area (Å²) in [5, 5.41) is 4.61. The maximum absolute atomic E-state index is 13.7. The quantitative estimate of drug-likeness (QED) is 0.216. The first-order valence-corrected chi connectivity index (χ1v) is 11.3. The molecule has 0 unspecified atom stereocenters. The van der Waals surface area contributed by atoms with Gasteiger partial charge in [-0.15, -0.1) is 0 Å². The van der Waals surface area contributed by atoms with Gasteiger partial charge in [0.05, 0.1) is 29.5 Å². The number of amides is 1. The summed E-state index contributed by atoms with van der Waals surface area (Å²) in [5.74, 6) is -0.573. The summed E-state index contributed by atoms with van der Waals surface area (Å²) in [6.45, 7) is 0.658. The van der Waals surface area contributed by atoms with Crippen LogP contribution in [0, 0.1) is 5.82 Å². The van der Waals surface area contributed by atoms with Crippen LogP contribution >= 0.6 is 27.7 Å². The zero-order valence-electron chi connectivity index (χ0n) is 16.3. The van der Waals surface area contributed by atoms with Gasteiger partial charge in [-0.05, 0) is 35.9 Å². The third kappa shape index (κ3) is 5.39. The standard InChI is InChI=1S/C23H18BrFN4OS/c24-18-10-11-19(25)17(12-18)13-26-28-22(30)15-31-23-27-20-8-4-5-9-21(20)29(23)14-16-6-2-1-3-7-16/h1-13H,14-15H2,(H,28,30)/b26-13-. The molecule has 5 nitrogen and oxygen atoms in total. The van der Waals surface area contributed by atoms with E-state index in [-0.39, 0.29) is 17.2 Å². The van der Waals surface area contributed by atoms with E-state index in [1.807, 2.05) is 42.5 Å². The maximum atomic E-state index is 13.7. The molecule has 0 aliphatic heterocycles. The molecule has 0 atom stereocenters. The molecule has 1 aromatic heterocycles. The summed E-state index contributed by atoms with van der Waals surface area (Å²) in [6, 6.07) is 22.5. The van der Waals surface area contributed by atoms with Gasteiger partial charge in [0.25, 0.3) is 5.91 Å². The lowest BCUT2D eigenvalue weighted by molar-refractivity contribution is -0.118. The number of aromatic nitrogens is 2. The molecule has 0 aliphatic carbocycles. The Balaban J connectivity index is 1.44. The molecule has 0 radical (unpaired) electrons. The first-order chi connectivity index (χ1) is 15.1. The minimum Gasteiger partial charge on any atom is -0.314 e. The second kappa shape index (κ2) is 9.89. The first kappa shape index (κ1) is 21.3. The largest absolute Gasteiger partial charge is 0.314 e. The second-order valence-electron chi connectivity index (χ2n) is 6.70. The van der Waals surface area contributed by atoms with Crippen LogP contribution in [0.2, 0.25) is 0 Å². The van der Waals surface area contributed by atoms with Crippen molar-refractivity contribution in [3.05, 3.63) is 94.2 Å². The van der Waals surface area contributed by atoms with Crippen molar-refractivity contribution in [2.75, 3.05) is 5.75 Å². The number of hydrogen-bond donors (Lipinski definition) is 1. The Kier molecular flexibility index (Phi) is 6.79. The van der Waals surface area contributed by atoms with Crippen molar-refractivity contribution in [1.29, 1.82) is 0 Å². The monoisotopic (exact) mass is 496 g/mol. The number of hydrogen-bond acceptors (Lipinski definition) is 4. The van der Waals surface area contributed by atoms with Gasteiger partial charge in [0, 0.05) is 10.0 Å². The fraction of sp³-hybridized carbons (Fsp3) is 0.0870. The molecule has 1 amide bonds. The highest BCUT2D eigenvalue weighted by Crippen LogP contribution is 2.25. The molecular weight excluding hydrogens is 479 g/mol. The summed E-state index contributed by atoms with van der Waals surface area (Å²) in [4.78, 5) is 16.9. The lowest BCUT2D eigenvalue weighted by Gasteiger charge is -2.09. The molecule has 1 heterocycles. The third-order valence-corrected chi connectivity index (χ3v) is 5.96. The van der Waals surface area contributed by atoms with Gasteiger partial charge in [0.2, 0.25) is 0 Å². The molecule has 0 aliphatic rings. The maximum Gasteiger partial charge on any atom is 0.250 e. The number of halogens is 2. The predicted octanol–water partition coefficient (Wildman–Crippen LogP) is 5.23. The van der Waals surface area contributed by atoms with Crippen LogP contribution in [0.25, 0.3) is 11.0 Å². The summed E-state index contributed by atoms with van der Waals surface area (Å²) in [6.07, 6.45) is 1.29. The van der Waals surface area contributed by atoms with Crippen LogP contribution in [-0.2, 0) is 11.3 Å². The van der Waals surface area contributed by atoms with E-state index in [0.29, 0.717) is 6.54 Å². The van der Waals surface area contributed by atoms with Crippen molar-refractivity contribution < 1.29 is 9.18 Å². The highest BCUT2D eigenvalue weighted by Gasteiger charge is 2.13. The zero-order chi connectivity index (χ0) is 21.6. The number of rotatable bonds is 7. The number of thioether (sulfide) groups is 1. The third-order valence-electron chi connectivity index (χ3n) is 4.49. The number of nitrogens with zero attached hydrogens (tertiary/aromatic N) is 3.